The quantitative estimate of drug-likeness (QED) is 0.718. The minimum Gasteiger partial charge on any atom is -0.480 e. The van der Waals surface area contributed by atoms with E-state index < -0.39 is 12.0 Å². The van der Waals surface area contributed by atoms with E-state index in [-0.39, 0.29) is 12.1 Å². The average molecular weight is 244 g/mol. The Labute approximate surface area is 103 Å². The Morgan fingerprint density at radius 3 is 2.82 bits per heavy atom. The molecule has 0 aromatic carbocycles. The van der Waals surface area contributed by atoms with Crippen LogP contribution >= 0.6 is 0 Å². The molecule has 17 heavy (non-hydrogen) atoms. The molecular formula is C12H24N2O3. The van der Waals surface area contributed by atoms with Crippen LogP contribution in [0.1, 0.15) is 32.6 Å². The summed E-state index contributed by atoms with van der Waals surface area (Å²) in [6.07, 6.45) is 3.50. The summed E-state index contributed by atoms with van der Waals surface area (Å²) >= 11 is 0. The van der Waals surface area contributed by atoms with Crippen molar-refractivity contribution >= 4 is 5.97 Å². The third kappa shape index (κ3) is 3.66. The molecule has 3 N–H and O–H groups in total. The van der Waals surface area contributed by atoms with Gasteiger partial charge in [0, 0.05) is 26.2 Å². The van der Waals surface area contributed by atoms with E-state index in [1.807, 2.05) is 11.8 Å². The number of nitrogens with two attached hydrogens (primary N) is 1. The first-order chi connectivity index (χ1) is 8.13. The Balaban J connectivity index is 2.69. The maximum atomic E-state index is 11.3. The molecule has 0 spiro atoms. The fraction of sp³-hybridized carbons (Fsp3) is 0.917. The van der Waals surface area contributed by atoms with Crippen LogP contribution in [0.25, 0.3) is 0 Å². The molecular weight excluding hydrogens is 220 g/mol. The number of hydrogen-bond donors (Lipinski definition) is 2. The third-order valence-electron chi connectivity index (χ3n) is 3.57. The van der Waals surface area contributed by atoms with Gasteiger partial charge in [-0.2, -0.15) is 0 Å². The summed E-state index contributed by atoms with van der Waals surface area (Å²) in [5, 5.41) is 9.28. The summed E-state index contributed by atoms with van der Waals surface area (Å²) in [6, 6.07) is -0.271. The van der Waals surface area contributed by atoms with Gasteiger partial charge in [0.05, 0.1) is 6.10 Å². The molecule has 0 saturated carbocycles. The molecule has 1 aliphatic heterocycles. The van der Waals surface area contributed by atoms with Gasteiger partial charge in [0.1, 0.15) is 6.04 Å². The minimum absolute atomic E-state index is 0.126. The highest BCUT2D eigenvalue weighted by atomic mass is 16.5. The summed E-state index contributed by atoms with van der Waals surface area (Å²) in [4.78, 5) is 13.3. The first-order valence-electron chi connectivity index (χ1n) is 6.35. The number of nitrogens with zero attached hydrogens (tertiary/aromatic N) is 1. The highest BCUT2D eigenvalue weighted by Gasteiger charge is 2.35. The van der Waals surface area contributed by atoms with E-state index in [2.05, 4.69) is 0 Å². The van der Waals surface area contributed by atoms with Crippen LogP contribution in [0.15, 0.2) is 0 Å². The van der Waals surface area contributed by atoms with Crippen molar-refractivity contribution in [1.82, 2.24) is 4.90 Å². The van der Waals surface area contributed by atoms with Gasteiger partial charge in [0.25, 0.3) is 0 Å². The second kappa shape index (κ2) is 6.93. The Bertz CT molecular complexity index is 248. The predicted octanol–water partition coefficient (Wildman–Crippen LogP) is 0.678. The molecule has 5 nitrogen and oxygen atoms in total. The zero-order valence-corrected chi connectivity index (χ0v) is 10.8. The molecule has 0 aliphatic carbocycles. The van der Waals surface area contributed by atoms with Crippen LogP contribution in [0, 0.1) is 0 Å². The minimum atomic E-state index is -0.735. The van der Waals surface area contributed by atoms with Gasteiger partial charge in [-0.3, -0.25) is 9.69 Å². The Morgan fingerprint density at radius 1 is 1.65 bits per heavy atom. The van der Waals surface area contributed by atoms with E-state index in [0.717, 1.165) is 25.8 Å². The molecule has 1 aliphatic rings. The summed E-state index contributed by atoms with van der Waals surface area (Å²) in [6.45, 7) is 3.26. The predicted molar refractivity (Wildman–Crippen MR) is 65.9 cm³/mol. The van der Waals surface area contributed by atoms with Crippen LogP contribution in [0.2, 0.25) is 0 Å². The van der Waals surface area contributed by atoms with Crippen LogP contribution in [0.3, 0.4) is 0 Å². The first kappa shape index (κ1) is 14.4. The average Bonchev–Trinajstić information content (AvgIpc) is 2.35. The van der Waals surface area contributed by atoms with Crippen LogP contribution in [-0.2, 0) is 9.53 Å². The number of aliphatic carboxylic acids is 1. The van der Waals surface area contributed by atoms with Crippen molar-refractivity contribution in [1.29, 1.82) is 0 Å². The lowest BCUT2D eigenvalue weighted by Crippen LogP contribution is -2.55. The summed E-state index contributed by atoms with van der Waals surface area (Å²) in [7, 11) is 1.70. The summed E-state index contributed by atoms with van der Waals surface area (Å²) in [5.74, 6) is -0.735. The van der Waals surface area contributed by atoms with E-state index in [9.17, 15) is 9.90 Å². The van der Waals surface area contributed by atoms with Gasteiger partial charge < -0.3 is 15.6 Å². The normalized spacial score (nSPS) is 27.9. The van der Waals surface area contributed by atoms with Crippen molar-refractivity contribution in [3.63, 3.8) is 0 Å². The Hall–Kier alpha value is -0.650. The van der Waals surface area contributed by atoms with E-state index in [4.69, 9.17) is 10.5 Å². The second-order valence-corrected chi connectivity index (χ2v) is 4.65. The molecule has 1 heterocycles. The van der Waals surface area contributed by atoms with Gasteiger partial charge in [-0.15, -0.1) is 0 Å². The molecule has 3 atom stereocenters. The molecule has 1 rings (SSSR count). The van der Waals surface area contributed by atoms with Gasteiger partial charge in [0.15, 0.2) is 0 Å². The number of methoxy groups -OCH3 is 1. The second-order valence-electron chi connectivity index (χ2n) is 4.65. The summed E-state index contributed by atoms with van der Waals surface area (Å²) < 4.78 is 5.34. The number of carbonyl (C=O) groups is 1. The topological polar surface area (TPSA) is 75.8 Å². The highest BCUT2D eigenvalue weighted by molar-refractivity contribution is 5.73. The van der Waals surface area contributed by atoms with Gasteiger partial charge in [-0.25, -0.2) is 0 Å². The number of rotatable bonds is 6. The largest absolute Gasteiger partial charge is 0.480 e. The maximum Gasteiger partial charge on any atom is 0.320 e. The number of ether oxygens (including phenoxy) is 1. The Kier molecular flexibility index (Phi) is 5.88. The molecule has 0 aromatic rings. The van der Waals surface area contributed by atoms with Crippen molar-refractivity contribution in [3.8, 4) is 0 Å². The molecule has 0 amide bonds. The third-order valence-corrected chi connectivity index (χ3v) is 3.57. The van der Waals surface area contributed by atoms with Gasteiger partial charge in [-0.1, -0.05) is 13.3 Å². The number of piperidine rings is 1. The van der Waals surface area contributed by atoms with Crippen molar-refractivity contribution in [3.05, 3.63) is 0 Å². The standard InChI is InChI=1S/C12H24N2O3/c1-3-4-11(12(15)16)14-6-5-10(17-2)7-9(14)8-13/h9-11H,3-8,13H2,1-2H3,(H,15,16). The van der Waals surface area contributed by atoms with Gasteiger partial charge in [0.2, 0.25) is 0 Å². The molecule has 5 heteroatoms. The van der Waals surface area contributed by atoms with Gasteiger partial charge >= 0.3 is 5.97 Å². The molecule has 0 radical (unpaired) electrons. The van der Waals surface area contributed by atoms with Crippen molar-refractivity contribution in [2.45, 2.75) is 50.8 Å². The monoisotopic (exact) mass is 244 g/mol. The van der Waals surface area contributed by atoms with E-state index in [1.54, 1.807) is 7.11 Å². The lowest BCUT2D eigenvalue weighted by Gasteiger charge is -2.41. The molecule has 0 aromatic heterocycles. The van der Waals surface area contributed by atoms with E-state index in [0.29, 0.717) is 13.0 Å². The van der Waals surface area contributed by atoms with E-state index >= 15 is 0 Å². The van der Waals surface area contributed by atoms with Crippen LogP contribution in [0.5, 0.6) is 0 Å². The molecule has 1 saturated heterocycles. The summed E-state index contributed by atoms with van der Waals surface area (Å²) in [5.41, 5.74) is 5.75. The number of hydrogen-bond acceptors (Lipinski definition) is 4. The molecule has 3 unspecified atom stereocenters. The molecule has 1 fully saturated rings. The number of carboxylic acids is 1. The zero-order valence-electron chi connectivity index (χ0n) is 10.8. The highest BCUT2D eigenvalue weighted by Crippen LogP contribution is 2.23. The number of likely N-dealkylation sites (tertiary alicyclic amines) is 1. The van der Waals surface area contributed by atoms with Gasteiger partial charge in [-0.05, 0) is 19.3 Å². The van der Waals surface area contributed by atoms with Crippen LogP contribution in [-0.4, -0.2) is 54.4 Å². The SMILES string of the molecule is CCCC(C(=O)O)N1CCC(OC)CC1CN. The van der Waals surface area contributed by atoms with Crippen molar-refractivity contribution < 1.29 is 14.6 Å². The number of carboxylic acid groups (broad SMARTS) is 1. The van der Waals surface area contributed by atoms with Crippen LogP contribution in [0.4, 0.5) is 0 Å². The Morgan fingerprint density at radius 2 is 2.35 bits per heavy atom. The maximum absolute atomic E-state index is 11.3. The van der Waals surface area contributed by atoms with E-state index in [1.165, 1.54) is 0 Å². The van der Waals surface area contributed by atoms with Crippen molar-refractivity contribution in [2.75, 3.05) is 20.2 Å². The lowest BCUT2D eigenvalue weighted by molar-refractivity contribution is -0.146. The molecule has 100 valence electrons. The van der Waals surface area contributed by atoms with Crippen LogP contribution < -0.4 is 5.73 Å². The fourth-order valence-corrected chi connectivity index (χ4v) is 2.59. The fourth-order valence-electron chi connectivity index (χ4n) is 2.59. The zero-order chi connectivity index (χ0) is 12.8. The molecule has 0 bridgehead atoms. The smallest absolute Gasteiger partial charge is 0.320 e. The first-order valence-corrected chi connectivity index (χ1v) is 6.35. The van der Waals surface area contributed by atoms with Crippen molar-refractivity contribution in [2.24, 2.45) is 5.73 Å². The lowest BCUT2D eigenvalue weighted by atomic mass is 9.96.